The van der Waals surface area contributed by atoms with Crippen LogP contribution in [0.2, 0.25) is 0 Å². The van der Waals surface area contributed by atoms with E-state index in [0.29, 0.717) is 16.7 Å². The molecule has 1 amide bonds. The molecule has 3 aromatic carbocycles. The minimum absolute atomic E-state index is 0.162. The zero-order chi connectivity index (χ0) is 24.2. The summed E-state index contributed by atoms with van der Waals surface area (Å²) in [5.41, 5.74) is 5.59. The number of carbonyl (C=O) groups excluding carboxylic acids is 1. The number of allylic oxidation sites excluding steroid dienone is 1. The Kier molecular flexibility index (Phi) is 6.68. The van der Waals surface area contributed by atoms with E-state index in [2.05, 4.69) is 54.0 Å². The van der Waals surface area contributed by atoms with Gasteiger partial charge in [0.1, 0.15) is 6.04 Å². The number of hydrogen-bond acceptors (Lipinski definition) is 5. The third kappa shape index (κ3) is 5.00. The van der Waals surface area contributed by atoms with Crippen LogP contribution in [0.3, 0.4) is 0 Å². The van der Waals surface area contributed by atoms with E-state index in [-0.39, 0.29) is 11.9 Å². The lowest BCUT2D eigenvalue weighted by atomic mass is 9.94. The molecule has 2 N–H and O–H groups in total. The van der Waals surface area contributed by atoms with Gasteiger partial charge in [-0.3, -0.25) is 4.79 Å². The van der Waals surface area contributed by atoms with Crippen molar-refractivity contribution in [2.45, 2.75) is 37.2 Å². The maximum absolute atomic E-state index is 13.5. The number of anilines is 2. The summed E-state index contributed by atoms with van der Waals surface area (Å²) in [6, 6.07) is 27.8. The fraction of sp³-hybridized carbons (Fsp3) is 0.179. The third-order valence-electron chi connectivity index (χ3n) is 6.02. The van der Waals surface area contributed by atoms with Crippen LogP contribution in [0.15, 0.2) is 101 Å². The van der Waals surface area contributed by atoms with Gasteiger partial charge in [-0.15, -0.1) is 5.10 Å². The van der Waals surface area contributed by atoms with Crippen LogP contribution >= 0.6 is 11.8 Å². The number of hydrogen-bond donors (Lipinski definition) is 2. The van der Waals surface area contributed by atoms with E-state index >= 15 is 0 Å². The lowest BCUT2D eigenvalue weighted by Crippen LogP contribution is -2.31. The van der Waals surface area contributed by atoms with Crippen molar-refractivity contribution in [1.82, 2.24) is 14.8 Å². The van der Waals surface area contributed by atoms with Crippen LogP contribution in [0.5, 0.6) is 0 Å². The van der Waals surface area contributed by atoms with Crippen molar-refractivity contribution in [1.29, 1.82) is 0 Å². The van der Waals surface area contributed by atoms with E-state index in [0.717, 1.165) is 29.1 Å². The summed E-state index contributed by atoms with van der Waals surface area (Å²) < 4.78 is 1.83. The van der Waals surface area contributed by atoms with Gasteiger partial charge in [-0.1, -0.05) is 91.5 Å². The second-order valence-corrected chi connectivity index (χ2v) is 9.36. The van der Waals surface area contributed by atoms with E-state index in [4.69, 9.17) is 10.1 Å². The molecule has 0 radical (unpaired) electrons. The molecule has 0 saturated heterocycles. The number of nitrogens with zero attached hydrogens (tertiary/aromatic N) is 3. The summed E-state index contributed by atoms with van der Waals surface area (Å²) in [7, 11) is 0. The van der Waals surface area contributed by atoms with Crippen LogP contribution in [0.25, 0.3) is 0 Å². The molecule has 0 spiro atoms. The lowest BCUT2D eigenvalue weighted by molar-refractivity contribution is -0.113. The molecule has 0 fully saturated rings. The van der Waals surface area contributed by atoms with Gasteiger partial charge in [0.2, 0.25) is 11.1 Å². The highest BCUT2D eigenvalue weighted by molar-refractivity contribution is 7.98. The summed E-state index contributed by atoms with van der Waals surface area (Å²) in [6.07, 6.45) is 0.956. The van der Waals surface area contributed by atoms with E-state index in [9.17, 15) is 4.79 Å². The predicted octanol–water partition coefficient (Wildman–Crippen LogP) is 6.06. The number of amides is 1. The first-order valence-electron chi connectivity index (χ1n) is 11.7. The van der Waals surface area contributed by atoms with Crippen LogP contribution in [0.4, 0.5) is 11.6 Å². The quantitative estimate of drug-likeness (QED) is 0.314. The van der Waals surface area contributed by atoms with Crippen LogP contribution in [-0.2, 0) is 17.0 Å². The molecule has 0 saturated carbocycles. The summed E-state index contributed by atoms with van der Waals surface area (Å²) in [6.45, 7) is 4.05. The summed E-state index contributed by atoms with van der Waals surface area (Å²) >= 11 is 1.58. The predicted molar refractivity (Wildman–Crippen MR) is 141 cm³/mol. The zero-order valence-electron chi connectivity index (χ0n) is 19.7. The van der Waals surface area contributed by atoms with Gasteiger partial charge in [-0.2, -0.15) is 4.98 Å². The number of benzene rings is 3. The highest BCUT2D eigenvalue weighted by Gasteiger charge is 2.34. The summed E-state index contributed by atoms with van der Waals surface area (Å²) in [5.74, 6) is 1.25. The number of aryl methyl sites for hydroxylation is 1. The highest BCUT2D eigenvalue weighted by atomic mass is 32.2. The van der Waals surface area contributed by atoms with E-state index in [1.54, 1.807) is 11.8 Å². The number of fused-ring (bicyclic) bond motifs is 1. The number of para-hydroxylation sites is 1. The Bertz CT molecular complexity index is 1350. The van der Waals surface area contributed by atoms with Gasteiger partial charge in [0.15, 0.2) is 0 Å². The normalized spacial score (nSPS) is 14.9. The molecule has 1 aliphatic rings. The molecule has 0 unspecified atom stereocenters. The van der Waals surface area contributed by atoms with Crippen LogP contribution in [0.1, 0.15) is 36.6 Å². The molecule has 0 bridgehead atoms. The average molecular weight is 482 g/mol. The number of nitrogens with one attached hydrogen (secondary N) is 2. The van der Waals surface area contributed by atoms with Gasteiger partial charge in [0.25, 0.3) is 5.91 Å². The SMILES string of the molecule is CCc1ccc([C@@H]2C(C(=O)Nc3ccccc3)=C(C)Nc3nc(SCc4ccccc4)nn32)cc1. The number of thioether (sulfide) groups is 1. The minimum atomic E-state index is -0.389. The third-order valence-corrected chi connectivity index (χ3v) is 6.93. The first-order valence-corrected chi connectivity index (χ1v) is 12.7. The molecule has 4 aromatic rings. The number of aromatic nitrogens is 3. The van der Waals surface area contributed by atoms with Crippen molar-refractivity contribution >= 4 is 29.3 Å². The Morgan fingerprint density at radius 1 is 0.971 bits per heavy atom. The molecular formula is C28H27N5OS. The number of carbonyl (C=O) groups is 1. The van der Waals surface area contributed by atoms with Crippen molar-refractivity contribution in [3.8, 4) is 0 Å². The molecule has 1 atom stereocenters. The van der Waals surface area contributed by atoms with Gasteiger partial charge in [0.05, 0.1) is 5.57 Å². The van der Waals surface area contributed by atoms with Crippen molar-refractivity contribution in [3.05, 3.63) is 113 Å². The summed E-state index contributed by atoms with van der Waals surface area (Å²) in [4.78, 5) is 18.3. The molecule has 35 heavy (non-hydrogen) atoms. The van der Waals surface area contributed by atoms with Gasteiger partial charge in [-0.25, -0.2) is 4.68 Å². The maximum Gasteiger partial charge on any atom is 0.255 e. The fourth-order valence-corrected chi connectivity index (χ4v) is 4.96. The Balaban J connectivity index is 1.50. The van der Waals surface area contributed by atoms with Crippen LogP contribution in [-0.4, -0.2) is 20.7 Å². The minimum Gasteiger partial charge on any atom is -0.328 e. The van der Waals surface area contributed by atoms with E-state index < -0.39 is 0 Å². The zero-order valence-corrected chi connectivity index (χ0v) is 20.5. The topological polar surface area (TPSA) is 71.8 Å². The van der Waals surface area contributed by atoms with Crippen LogP contribution < -0.4 is 10.6 Å². The molecule has 176 valence electrons. The standard InChI is InChI=1S/C28H27N5OS/c1-3-20-14-16-22(17-15-20)25-24(26(34)30-23-12-8-5-9-13-23)19(2)29-27-31-28(32-33(25)27)35-18-21-10-6-4-7-11-21/h4-17,25H,3,18H2,1-2H3,(H,30,34)(H,29,31,32)/t25-/m1/s1. The van der Waals surface area contributed by atoms with Crippen molar-refractivity contribution < 1.29 is 4.79 Å². The largest absolute Gasteiger partial charge is 0.328 e. The fourth-order valence-electron chi connectivity index (χ4n) is 4.17. The molecular weight excluding hydrogens is 454 g/mol. The molecule has 7 heteroatoms. The Labute approximate surface area is 209 Å². The van der Waals surface area contributed by atoms with Gasteiger partial charge >= 0.3 is 0 Å². The second-order valence-electron chi connectivity index (χ2n) is 8.42. The Morgan fingerprint density at radius 2 is 1.66 bits per heavy atom. The van der Waals surface area contributed by atoms with Crippen molar-refractivity contribution in [2.24, 2.45) is 0 Å². The second kappa shape index (κ2) is 10.2. The van der Waals surface area contributed by atoms with Gasteiger partial charge in [0, 0.05) is 17.1 Å². The maximum atomic E-state index is 13.5. The smallest absolute Gasteiger partial charge is 0.255 e. The molecule has 6 nitrogen and oxygen atoms in total. The molecule has 0 aliphatic carbocycles. The highest BCUT2D eigenvalue weighted by Crippen LogP contribution is 2.37. The van der Waals surface area contributed by atoms with E-state index in [1.165, 1.54) is 11.1 Å². The van der Waals surface area contributed by atoms with E-state index in [1.807, 2.05) is 60.1 Å². The Hall–Kier alpha value is -3.84. The average Bonchev–Trinajstić information content (AvgIpc) is 3.30. The first kappa shape index (κ1) is 22.9. The lowest BCUT2D eigenvalue weighted by Gasteiger charge is -2.28. The van der Waals surface area contributed by atoms with Gasteiger partial charge in [-0.05, 0) is 42.2 Å². The first-order chi connectivity index (χ1) is 17.1. The molecule has 2 heterocycles. The Morgan fingerprint density at radius 3 is 2.34 bits per heavy atom. The molecule has 1 aliphatic heterocycles. The van der Waals surface area contributed by atoms with Crippen molar-refractivity contribution in [3.63, 3.8) is 0 Å². The monoisotopic (exact) mass is 481 g/mol. The summed E-state index contributed by atoms with van der Waals surface area (Å²) in [5, 5.41) is 11.9. The van der Waals surface area contributed by atoms with Gasteiger partial charge < -0.3 is 10.6 Å². The van der Waals surface area contributed by atoms with Crippen LogP contribution in [0, 0.1) is 0 Å². The molecule has 5 rings (SSSR count). The number of rotatable bonds is 7. The van der Waals surface area contributed by atoms with Crippen molar-refractivity contribution in [2.75, 3.05) is 10.6 Å². The molecule has 1 aromatic heterocycles.